The Morgan fingerprint density at radius 1 is 1.15 bits per heavy atom. The van der Waals surface area contributed by atoms with Gasteiger partial charge in [0.2, 0.25) is 0 Å². The molecular formula is C20H23N3O2S. The van der Waals surface area contributed by atoms with Gasteiger partial charge < -0.3 is 10.4 Å². The molecule has 0 aliphatic heterocycles. The molecule has 0 aliphatic rings. The molecule has 0 spiro atoms. The van der Waals surface area contributed by atoms with Crippen LogP contribution in [-0.2, 0) is 5.41 Å². The third-order valence-electron chi connectivity index (χ3n) is 4.40. The number of fused-ring (bicyclic) bond motifs is 1. The van der Waals surface area contributed by atoms with Crippen LogP contribution in [0.15, 0.2) is 18.2 Å². The molecule has 3 aromatic rings. The van der Waals surface area contributed by atoms with Gasteiger partial charge in [0.25, 0.3) is 5.91 Å². The fourth-order valence-corrected chi connectivity index (χ4v) is 4.14. The maximum atomic E-state index is 12.9. The number of amides is 1. The van der Waals surface area contributed by atoms with Gasteiger partial charge >= 0.3 is 0 Å². The molecule has 3 rings (SSSR count). The molecule has 26 heavy (non-hydrogen) atoms. The van der Waals surface area contributed by atoms with Crippen molar-refractivity contribution in [1.82, 2.24) is 9.97 Å². The normalized spacial score (nSPS) is 11.8. The van der Waals surface area contributed by atoms with Crippen molar-refractivity contribution in [3.05, 3.63) is 45.7 Å². The summed E-state index contributed by atoms with van der Waals surface area (Å²) in [7, 11) is 0. The van der Waals surface area contributed by atoms with E-state index in [1.165, 1.54) is 11.3 Å². The standard InChI is InChI=1S/C20H23N3O2S/c1-10-16-11(2)21-12(3)22-19(16)26-17(10)18(25)23-14-9-13(20(4,5)6)7-8-15(14)24/h7-9,24H,1-6H3,(H,23,25). The first-order chi connectivity index (χ1) is 12.1. The Morgan fingerprint density at radius 2 is 1.85 bits per heavy atom. The number of aromatic hydroxyl groups is 1. The average molecular weight is 369 g/mol. The molecule has 2 N–H and O–H groups in total. The van der Waals surface area contributed by atoms with Crippen LogP contribution in [0, 0.1) is 20.8 Å². The lowest BCUT2D eigenvalue weighted by Crippen LogP contribution is -2.14. The number of phenolic OH excluding ortho intramolecular Hbond substituents is 1. The molecule has 0 bridgehead atoms. The minimum Gasteiger partial charge on any atom is -0.506 e. The molecule has 0 saturated carbocycles. The number of phenols is 1. The SMILES string of the molecule is Cc1nc(C)c2c(C)c(C(=O)Nc3cc(C(C)(C)C)ccc3O)sc2n1. The first-order valence-electron chi connectivity index (χ1n) is 8.47. The Morgan fingerprint density at radius 3 is 2.50 bits per heavy atom. The number of rotatable bonds is 2. The van der Waals surface area contributed by atoms with E-state index in [-0.39, 0.29) is 17.1 Å². The zero-order chi connectivity index (χ0) is 19.2. The molecular weight excluding hydrogens is 346 g/mol. The van der Waals surface area contributed by atoms with Gasteiger partial charge in [0, 0.05) is 11.1 Å². The lowest BCUT2D eigenvalue weighted by Gasteiger charge is -2.20. The highest BCUT2D eigenvalue weighted by Gasteiger charge is 2.21. The van der Waals surface area contributed by atoms with Crippen molar-refractivity contribution in [1.29, 1.82) is 0 Å². The molecule has 0 fully saturated rings. The van der Waals surface area contributed by atoms with E-state index in [0.717, 1.165) is 27.0 Å². The number of nitrogens with one attached hydrogen (secondary N) is 1. The van der Waals surface area contributed by atoms with E-state index in [9.17, 15) is 9.90 Å². The van der Waals surface area contributed by atoms with Crippen molar-refractivity contribution in [3.63, 3.8) is 0 Å². The highest BCUT2D eigenvalue weighted by molar-refractivity contribution is 7.20. The van der Waals surface area contributed by atoms with Gasteiger partial charge in [0.05, 0.1) is 10.6 Å². The number of benzene rings is 1. The quantitative estimate of drug-likeness (QED) is 0.632. The van der Waals surface area contributed by atoms with Crippen molar-refractivity contribution in [2.45, 2.75) is 47.0 Å². The number of aromatic nitrogens is 2. The number of carbonyl (C=O) groups is 1. The van der Waals surface area contributed by atoms with E-state index in [0.29, 0.717) is 16.4 Å². The van der Waals surface area contributed by atoms with E-state index >= 15 is 0 Å². The van der Waals surface area contributed by atoms with Crippen LogP contribution in [0.1, 0.15) is 53.1 Å². The number of hydrogen-bond donors (Lipinski definition) is 2. The van der Waals surface area contributed by atoms with Crippen LogP contribution >= 0.6 is 11.3 Å². The maximum Gasteiger partial charge on any atom is 0.266 e. The molecule has 5 nitrogen and oxygen atoms in total. The minimum absolute atomic E-state index is 0.0527. The van der Waals surface area contributed by atoms with E-state index in [1.807, 2.05) is 32.9 Å². The molecule has 0 saturated heterocycles. The third kappa shape index (κ3) is 3.29. The molecule has 6 heteroatoms. The second kappa shape index (κ2) is 6.36. The van der Waals surface area contributed by atoms with Crippen LogP contribution in [-0.4, -0.2) is 21.0 Å². The Kier molecular flexibility index (Phi) is 4.48. The zero-order valence-corrected chi connectivity index (χ0v) is 16.7. The van der Waals surface area contributed by atoms with Crippen molar-refractivity contribution in [2.24, 2.45) is 0 Å². The van der Waals surface area contributed by atoms with E-state index in [1.54, 1.807) is 6.07 Å². The van der Waals surface area contributed by atoms with Gasteiger partial charge in [-0.15, -0.1) is 11.3 Å². The number of aryl methyl sites for hydroxylation is 3. The molecule has 1 aromatic carbocycles. The van der Waals surface area contributed by atoms with E-state index in [2.05, 4.69) is 36.1 Å². The van der Waals surface area contributed by atoms with Crippen molar-refractivity contribution in [2.75, 3.05) is 5.32 Å². The molecule has 1 amide bonds. The second-order valence-electron chi connectivity index (χ2n) is 7.53. The van der Waals surface area contributed by atoms with Gasteiger partial charge in [-0.1, -0.05) is 26.8 Å². The van der Waals surface area contributed by atoms with Gasteiger partial charge in [-0.3, -0.25) is 4.79 Å². The third-order valence-corrected chi connectivity index (χ3v) is 5.58. The summed E-state index contributed by atoms with van der Waals surface area (Å²) >= 11 is 1.35. The minimum atomic E-state index is -0.246. The van der Waals surface area contributed by atoms with Crippen LogP contribution in [0.25, 0.3) is 10.2 Å². The summed E-state index contributed by atoms with van der Waals surface area (Å²) in [4.78, 5) is 23.1. The number of thiophene rings is 1. The number of nitrogens with zero attached hydrogens (tertiary/aromatic N) is 2. The molecule has 0 unspecified atom stereocenters. The van der Waals surface area contributed by atoms with Crippen LogP contribution in [0.3, 0.4) is 0 Å². The number of anilines is 1. The maximum absolute atomic E-state index is 12.9. The van der Waals surface area contributed by atoms with Crippen LogP contribution < -0.4 is 5.32 Å². The highest BCUT2D eigenvalue weighted by atomic mass is 32.1. The second-order valence-corrected chi connectivity index (χ2v) is 8.53. The van der Waals surface area contributed by atoms with Crippen molar-refractivity contribution < 1.29 is 9.90 Å². The van der Waals surface area contributed by atoms with Crippen molar-refractivity contribution >= 4 is 33.1 Å². The Balaban J connectivity index is 2.00. The van der Waals surface area contributed by atoms with Crippen molar-refractivity contribution in [3.8, 4) is 5.75 Å². The zero-order valence-electron chi connectivity index (χ0n) is 15.9. The molecule has 2 heterocycles. The molecule has 0 aliphatic carbocycles. The Labute approximate surface area is 157 Å². The summed E-state index contributed by atoms with van der Waals surface area (Å²) in [5.74, 6) is 0.500. The summed E-state index contributed by atoms with van der Waals surface area (Å²) in [6.45, 7) is 11.9. The molecule has 0 atom stereocenters. The van der Waals surface area contributed by atoms with E-state index in [4.69, 9.17) is 0 Å². The summed E-state index contributed by atoms with van der Waals surface area (Å²) in [5.41, 5.74) is 3.11. The number of hydrogen-bond acceptors (Lipinski definition) is 5. The molecule has 2 aromatic heterocycles. The first-order valence-corrected chi connectivity index (χ1v) is 9.28. The average Bonchev–Trinajstić information content (AvgIpc) is 2.85. The Bertz CT molecular complexity index is 1020. The van der Waals surface area contributed by atoms with Gasteiger partial charge in [0.15, 0.2) is 0 Å². The van der Waals surface area contributed by atoms with Crippen LogP contribution in [0.2, 0.25) is 0 Å². The summed E-state index contributed by atoms with van der Waals surface area (Å²) in [5, 5.41) is 13.9. The summed E-state index contributed by atoms with van der Waals surface area (Å²) in [6.07, 6.45) is 0. The predicted molar refractivity (Wildman–Crippen MR) is 106 cm³/mol. The van der Waals surface area contributed by atoms with Crippen LogP contribution in [0.4, 0.5) is 5.69 Å². The Hall–Kier alpha value is -2.47. The first kappa shape index (κ1) is 18.3. The fourth-order valence-electron chi connectivity index (χ4n) is 2.97. The fraction of sp³-hybridized carbons (Fsp3) is 0.350. The highest BCUT2D eigenvalue weighted by Crippen LogP contribution is 2.34. The largest absolute Gasteiger partial charge is 0.506 e. The van der Waals surface area contributed by atoms with Gasteiger partial charge in [-0.25, -0.2) is 9.97 Å². The summed E-state index contributed by atoms with van der Waals surface area (Å²) in [6, 6.07) is 5.31. The lowest BCUT2D eigenvalue weighted by molar-refractivity contribution is 0.102. The topological polar surface area (TPSA) is 75.1 Å². The summed E-state index contributed by atoms with van der Waals surface area (Å²) < 4.78 is 0. The molecule has 136 valence electrons. The lowest BCUT2D eigenvalue weighted by atomic mass is 9.87. The predicted octanol–water partition coefficient (Wildman–Crippen LogP) is 4.87. The van der Waals surface area contributed by atoms with Gasteiger partial charge in [0.1, 0.15) is 16.4 Å². The number of carbonyl (C=O) groups excluding carboxylic acids is 1. The van der Waals surface area contributed by atoms with E-state index < -0.39 is 0 Å². The van der Waals surface area contributed by atoms with Crippen LogP contribution in [0.5, 0.6) is 5.75 Å². The monoisotopic (exact) mass is 369 g/mol. The molecule has 0 radical (unpaired) electrons. The van der Waals surface area contributed by atoms with Gasteiger partial charge in [-0.05, 0) is 49.4 Å². The smallest absolute Gasteiger partial charge is 0.266 e. The van der Waals surface area contributed by atoms with Gasteiger partial charge in [-0.2, -0.15) is 0 Å².